The van der Waals surface area contributed by atoms with Gasteiger partial charge in [-0.05, 0) is 18.2 Å². The van der Waals surface area contributed by atoms with Gasteiger partial charge in [-0.15, -0.1) is 0 Å². The number of ether oxygens (including phenoxy) is 1. The van der Waals surface area contributed by atoms with Crippen molar-refractivity contribution in [2.45, 2.75) is 0 Å². The minimum absolute atomic E-state index is 0.671. The Morgan fingerprint density at radius 3 is 2.60 bits per heavy atom. The number of hydrogen-bond donors (Lipinski definition) is 0. The van der Waals surface area contributed by atoms with Crippen LogP contribution in [0.2, 0.25) is 5.02 Å². The molecule has 0 amide bonds. The van der Waals surface area contributed by atoms with Crippen LogP contribution in [0.1, 0.15) is 0 Å². The van der Waals surface area contributed by atoms with Crippen LogP contribution in [0.4, 0.5) is 0 Å². The van der Waals surface area contributed by atoms with Gasteiger partial charge in [0.15, 0.2) is 0 Å². The summed E-state index contributed by atoms with van der Waals surface area (Å²) < 4.78 is 4.96. The SMILES string of the molecule is COc1cc([Si])cc(Cl)c1. The highest BCUT2D eigenvalue weighted by Gasteiger charge is 1.93. The molecule has 0 N–H and O–H groups in total. The molecule has 0 aliphatic heterocycles. The van der Waals surface area contributed by atoms with Crippen LogP contribution < -0.4 is 9.92 Å². The molecule has 1 aromatic carbocycles. The van der Waals surface area contributed by atoms with Gasteiger partial charge in [-0.25, -0.2) is 0 Å². The van der Waals surface area contributed by atoms with Gasteiger partial charge in [0.25, 0.3) is 0 Å². The molecular weight excluding hydrogens is 164 g/mol. The molecule has 3 radical (unpaired) electrons. The van der Waals surface area contributed by atoms with Gasteiger partial charge in [-0.3, -0.25) is 0 Å². The third-order valence-corrected chi connectivity index (χ3v) is 1.61. The van der Waals surface area contributed by atoms with Crippen molar-refractivity contribution in [3.05, 3.63) is 23.2 Å². The first kappa shape index (κ1) is 7.63. The Morgan fingerprint density at radius 2 is 2.10 bits per heavy atom. The van der Waals surface area contributed by atoms with Gasteiger partial charge in [-0.2, -0.15) is 0 Å². The van der Waals surface area contributed by atoms with Crippen molar-refractivity contribution in [1.29, 1.82) is 0 Å². The zero-order valence-corrected chi connectivity index (χ0v) is 7.27. The number of benzene rings is 1. The lowest BCUT2D eigenvalue weighted by Gasteiger charge is -2.00. The van der Waals surface area contributed by atoms with Crippen molar-refractivity contribution in [3.63, 3.8) is 0 Å². The van der Waals surface area contributed by atoms with Gasteiger partial charge >= 0.3 is 0 Å². The van der Waals surface area contributed by atoms with E-state index in [2.05, 4.69) is 10.2 Å². The number of methoxy groups -OCH3 is 1. The second-order valence-corrected chi connectivity index (χ2v) is 2.89. The van der Waals surface area contributed by atoms with Crippen LogP contribution in [0.15, 0.2) is 18.2 Å². The molecule has 1 aromatic rings. The average Bonchev–Trinajstić information content (AvgIpc) is 1.85. The van der Waals surface area contributed by atoms with Gasteiger partial charge in [-0.1, -0.05) is 16.8 Å². The van der Waals surface area contributed by atoms with E-state index in [4.69, 9.17) is 16.3 Å². The number of rotatable bonds is 1. The molecule has 0 saturated heterocycles. The molecule has 51 valence electrons. The maximum atomic E-state index is 5.72. The fourth-order valence-corrected chi connectivity index (χ4v) is 1.29. The zero-order valence-electron chi connectivity index (χ0n) is 5.52. The molecule has 0 spiro atoms. The van der Waals surface area contributed by atoms with E-state index in [-0.39, 0.29) is 0 Å². The average molecular weight is 170 g/mol. The summed E-state index contributed by atoms with van der Waals surface area (Å²) in [4.78, 5) is 0. The lowest BCUT2D eigenvalue weighted by molar-refractivity contribution is 0.415. The smallest absolute Gasteiger partial charge is 0.120 e. The van der Waals surface area contributed by atoms with E-state index >= 15 is 0 Å². The second-order valence-electron chi connectivity index (χ2n) is 1.88. The summed E-state index contributed by atoms with van der Waals surface area (Å²) in [5.74, 6) is 0.762. The monoisotopic (exact) mass is 169 g/mol. The van der Waals surface area contributed by atoms with Gasteiger partial charge in [0.2, 0.25) is 0 Å². The molecule has 1 rings (SSSR count). The molecule has 0 atom stereocenters. The molecule has 0 aromatic heterocycles. The standard InChI is InChI=1S/C7H6ClOSi/c1-9-6-2-5(8)3-7(10)4-6/h2-4H,1H3. The Morgan fingerprint density at radius 1 is 1.40 bits per heavy atom. The largest absolute Gasteiger partial charge is 0.497 e. The van der Waals surface area contributed by atoms with Crippen molar-refractivity contribution in [2.24, 2.45) is 0 Å². The van der Waals surface area contributed by atoms with Crippen molar-refractivity contribution in [3.8, 4) is 5.75 Å². The summed E-state index contributed by atoms with van der Waals surface area (Å²) >= 11 is 5.72. The van der Waals surface area contributed by atoms with Crippen LogP contribution in [0.25, 0.3) is 0 Å². The maximum absolute atomic E-state index is 5.72. The molecule has 3 heteroatoms. The molecule has 0 aliphatic rings. The van der Waals surface area contributed by atoms with Crippen LogP contribution in [0, 0.1) is 0 Å². The van der Waals surface area contributed by atoms with E-state index in [9.17, 15) is 0 Å². The van der Waals surface area contributed by atoms with E-state index in [1.54, 1.807) is 19.2 Å². The van der Waals surface area contributed by atoms with E-state index in [0.29, 0.717) is 5.02 Å². The summed E-state index contributed by atoms with van der Waals surface area (Å²) in [7, 11) is 4.95. The first-order valence-electron chi connectivity index (χ1n) is 2.78. The molecule has 0 saturated carbocycles. The summed E-state index contributed by atoms with van der Waals surface area (Å²) in [6, 6.07) is 5.41. The van der Waals surface area contributed by atoms with Crippen molar-refractivity contribution < 1.29 is 4.74 Å². The van der Waals surface area contributed by atoms with E-state index in [0.717, 1.165) is 10.9 Å². The third-order valence-electron chi connectivity index (χ3n) is 1.11. The third kappa shape index (κ3) is 1.75. The van der Waals surface area contributed by atoms with Gasteiger partial charge in [0.1, 0.15) is 5.75 Å². The Balaban J connectivity index is 3.06. The van der Waals surface area contributed by atoms with Crippen LogP contribution in [-0.2, 0) is 0 Å². The highest BCUT2D eigenvalue weighted by molar-refractivity contribution is 6.36. The van der Waals surface area contributed by atoms with Crippen LogP contribution in [-0.4, -0.2) is 17.4 Å². The lowest BCUT2D eigenvalue weighted by atomic mass is 10.3. The van der Waals surface area contributed by atoms with Crippen molar-refractivity contribution >= 4 is 27.0 Å². The Labute approximate surface area is 68.4 Å². The summed E-state index contributed by atoms with van der Waals surface area (Å²) in [6.45, 7) is 0. The Hall–Kier alpha value is -0.473. The molecular formula is C7H6ClOSi. The van der Waals surface area contributed by atoms with E-state index in [1.165, 1.54) is 0 Å². The molecule has 1 nitrogen and oxygen atoms in total. The summed E-state index contributed by atoms with van der Waals surface area (Å²) in [5, 5.41) is 1.59. The Bertz CT molecular complexity index is 217. The van der Waals surface area contributed by atoms with Crippen LogP contribution in [0.3, 0.4) is 0 Å². The molecule has 0 fully saturated rings. The number of halogens is 1. The highest BCUT2D eigenvalue weighted by Crippen LogP contribution is 2.14. The highest BCUT2D eigenvalue weighted by atomic mass is 35.5. The Kier molecular flexibility index (Phi) is 2.35. The zero-order chi connectivity index (χ0) is 7.56. The molecule has 10 heavy (non-hydrogen) atoms. The van der Waals surface area contributed by atoms with Gasteiger partial charge in [0, 0.05) is 5.02 Å². The van der Waals surface area contributed by atoms with Crippen molar-refractivity contribution in [2.75, 3.05) is 7.11 Å². The maximum Gasteiger partial charge on any atom is 0.120 e. The molecule has 0 aliphatic carbocycles. The van der Waals surface area contributed by atoms with Crippen LogP contribution in [0.5, 0.6) is 5.75 Å². The van der Waals surface area contributed by atoms with Crippen molar-refractivity contribution in [1.82, 2.24) is 0 Å². The van der Waals surface area contributed by atoms with E-state index in [1.807, 2.05) is 6.07 Å². The summed E-state index contributed by atoms with van der Waals surface area (Å²) in [6.07, 6.45) is 0. The van der Waals surface area contributed by atoms with Gasteiger partial charge in [0.05, 0.1) is 17.4 Å². The molecule has 0 bridgehead atoms. The first-order valence-corrected chi connectivity index (χ1v) is 3.66. The quantitative estimate of drug-likeness (QED) is 0.573. The fraction of sp³-hybridized carbons (Fsp3) is 0.143. The first-order chi connectivity index (χ1) is 4.72. The lowest BCUT2D eigenvalue weighted by Crippen LogP contribution is -2.01. The minimum Gasteiger partial charge on any atom is -0.497 e. The summed E-state index contributed by atoms with van der Waals surface area (Å²) in [5.41, 5.74) is 0. The predicted molar refractivity (Wildman–Crippen MR) is 43.4 cm³/mol. The second kappa shape index (κ2) is 3.08. The topological polar surface area (TPSA) is 9.23 Å². The number of hydrogen-bond acceptors (Lipinski definition) is 1. The normalized spacial score (nSPS) is 9.50. The van der Waals surface area contributed by atoms with E-state index < -0.39 is 0 Å². The minimum atomic E-state index is 0.671. The predicted octanol–water partition coefficient (Wildman–Crippen LogP) is 1.14. The molecule has 0 heterocycles. The van der Waals surface area contributed by atoms with Gasteiger partial charge < -0.3 is 4.74 Å². The molecule has 0 unspecified atom stereocenters. The fourth-order valence-electron chi connectivity index (χ4n) is 0.681. The van der Waals surface area contributed by atoms with Crippen LogP contribution >= 0.6 is 11.6 Å².